The Balaban J connectivity index is 0.000000201. The molecule has 0 radical (unpaired) electrons. The highest BCUT2D eigenvalue weighted by atomic mass is 32.2. The van der Waals surface area contributed by atoms with Crippen molar-refractivity contribution in [2.75, 3.05) is 113 Å². The number of hydrogen-bond acceptors (Lipinski definition) is 13. The number of carbonyl (C=O) groups excluding carboxylic acids is 5. The molecule has 0 aliphatic carbocycles. The van der Waals surface area contributed by atoms with E-state index < -0.39 is 30.9 Å². The molecule has 20 heteroatoms. The second-order valence-electron chi connectivity index (χ2n) is 18.4. The van der Waals surface area contributed by atoms with Gasteiger partial charge in [-0.2, -0.15) is 11.8 Å². The smallest absolute Gasteiger partial charge is 0.410 e. The summed E-state index contributed by atoms with van der Waals surface area (Å²) in [6.07, 6.45) is 3.85. The summed E-state index contributed by atoms with van der Waals surface area (Å²) in [5.74, 6) is 2.94. The molecule has 0 unspecified atom stereocenters. The largest absolute Gasteiger partial charge is 0.444 e. The zero-order chi connectivity index (χ0) is 44.3. The summed E-state index contributed by atoms with van der Waals surface area (Å²) in [4.78, 5) is 69.7. The predicted molar refractivity (Wildman–Crippen MR) is 231 cm³/mol. The van der Waals surface area contributed by atoms with Crippen molar-refractivity contribution in [2.24, 2.45) is 17.8 Å². The molecule has 6 rings (SSSR count). The Hall–Kier alpha value is -2.84. The van der Waals surface area contributed by atoms with E-state index in [1.54, 1.807) is 19.6 Å². The van der Waals surface area contributed by atoms with E-state index in [2.05, 4.69) is 5.32 Å². The third kappa shape index (κ3) is 16.5. The van der Waals surface area contributed by atoms with Crippen LogP contribution in [-0.4, -0.2) is 195 Å². The topological polar surface area (TPSA) is 200 Å². The normalized spacial score (nSPS) is 23.3. The van der Waals surface area contributed by atoms with Gasteiger partial charge in [-0.05, 0) is 93.2 Å². The van der Waals surface area contributed by atoms with Gasteiger partial charge in [0.05, 0.1) is 23.0 Å². The first-order chi connectivity index (χ1) is 28.0. The first-order valence-electron chi connectivity index (χ1n) is 21.5. The number of likely N-dealkylation sites (tertiary alicyclic amines) is 2. The fraction of sp³-hybridized carbons (Fsp3) is 0.875. The van der Waals surface area contributed by atoms with Gasteiger partial charge in [0.15, 0.2) is 19.7 Å². The van der Waals surface area contributed by atoms with Gasteiger partial charge >= 0.3 is 12.2 Å². The first kappa shape index (κ1) is 49.8. The van der Waals surface area contributed by atoms with Gasteiger partial charge in [0.25, 0.3) is 0 Å². The molecule has 6 saturated heterocycles. The summed E-state index contributed by atoms with van der Waals surface area (Å²) in [5.41, 5.74) is -0.988. The molecule has 6 aliphatic heterocycles. The fourth-order valence-electron chi connectivity index (χ4n) is 7.76. The van der Waals surface area contributed by atoms with Crippen LogP contribution in [0, 0.1) is 17.8 Å². The Morgan fingerprint density at radius 3 is 1.08 bits per heavy atom. The van der Waals surface area contributed by atoms with Crippen molar-refractivity contribution in [3.05, 3.63) is 0 Å². The van der Waals surface area contributed by atoms with E-state index in [4.69, 9.17) is 9.47 Å². The van der Waals surface area contributed by atoms with Gasteiger partial charge in [-0.1, -0.05) is 0 Å². The van der Waals surface area contributed by atoms with E-state index in [1.165, 1.54) is 0 Å². The van der Waals surface area contributed by atoms with Crippen LogP contribution < -0.4 is 5.32 Å². The van der Waals surface area contributed by atoms with Crippen LogP contribution in [0.1, 0.15) is 80.1 Å². The number of sulfone groups is 2. The Bertz CT molecular complexity index is 1660. The van der Waals surface area contributed by atoms with Gasteiger partial charge in [0, 0.05) is 94.7 Å². The van der Waals surface area contributed by atoms with E-state index in [9.17, 15) is 40.8 Å². The van der Waals surface area contributed by atoms with Crippen LogP contribution in [0.4, 0.5) is 9.59 Å². The van der Waals surface area contributed by atoms with Crippen LogP contribution >= 0.6 is 11.8 Å². The Morgan fingerprint density at radius 1 is 0.467 bits per heavy atom. The molecular weight excluding hydrogens is 837 g/mol. The molecule has 6 heterocycles. The van der Waals surface area contributed by atoms with Crippen LogP contribution in [0.25, 0.3) is 0 Å². The number of thioether (sulfide) groups is 1. The van der Waals surface area contributed by atoms with Gasteiger partial charge in [0.2, 0.25) is 17.7 Å². The summed E-state index contributed by atoms with van der Waals surface area (Å²) < 4.78 is 56.1. The zero-order valence-corrected chi connectivity index (χ0v) is 39.1. The molecule has 0 aromatic rings. The Kier molecular flexibility index (Phi) is 18.3. The van der Waals surface area contributed by atoms with Crippen molar-refractivity contribution in [3.8, 4) is 0 Å². The lowest BCUT2D eigenvalue weighted by atomic mass is 9.95. The average molecular weight is 907 g/mol. The fourth-order valence-corrected chi connectivity index (χ4v) is 11.1. The molecule has 1 N–H and O–H groups in total. The van der Waals surface area contributed by atoms with Gasteiger partial charge in [0.1, 0.15) is 11.2 Å². The lowest BCUT2D eigenvalue weighted by Crippen LogP contribution is -2.49. The van der Waals surface area contributed by atoms with Gasteiger partial charge < -0.3 is 39.3 Å². The molecule has 0 spiro atoms. The molecular formula is C40H70N6O11S3. The molecule has 0 aromatic heterocycles. The number of rotatable bonds is 3. The Morgan fingerprint density at radius 2 is 0.767 bits per heavy atom. The van der Waals surface area contributed by atoms with Crippen molar-refractivity contribution in [2.45, 2.75) is 91.3 Å². The van der Waals surface area contributed by atoms with E-state index in [-0.39, 0.29) is 83.8 Å². The number of nitrogens with zero attached hydrogens (tertiary/aromatic N) is 5. The summed E-state index contributed by atoms with van der Waals surface area (Å²) in [6, 6.07) is 0. The lowest BCUT2D eigenvalue weighted by Gasteiger charge is -2.36. The van der Waals surface area contributed by atoms with Crippen LogP contribution in [0.5, 0.6) is 0 Å². The maximum Gasteiger partial charge on any atom is 0.410 e. The molecule has 60 heavy (non-hydrogen) atoms. The van der Waals surface area contributed by atoms with Gasteiger partial charge in [-0.15, -0.1) is 0 Å². The molecule has 5 amide bonds. The standard InChI is InChI=1S/C15H26N2O5S.C15H26N2O3S.C10H18N2O3S/c1-15(2,3)22-14(19)17-6-4-12(5-7-17)13(18)16-8-10-23(20,21)11-9-16;1-15(2,3)20-14(19)17-6-4-12(5-7-17)13(18)16-8-10-21-11-9-16;13-10(9-1-3-11-4-2-9)12-5-7-16(14,15)8-6-12/h12H,4-11H2,1-3H3;12H,4-11H2,1-3H3;9,11H,1-8H2. The third-order valence-corrected chi connectivity index (χ3v) is 15.5. The highest BCUT2D eigenvalue weighted by molar-refractivity contribution is 7.99. The maximum atomic E-state index is 12.5. The summed E-state index contributed by atoms with van der Waals surface area (Å²) >= 11 is 1.91. The maximum absolute atomic E-state index is 12.5. The first-order valence-corrected chi connectivity index (χ1v) is 26.3. The molecule has 17 nitrogen and oxygen atoms in total. The number of nitrogens with one attached hydrogen (secondary N) is 1. The number of carbonyl (C=O) groups is 5. The quantitative estimate of drug-likeness (QED) is 0.433. The average Bonchev–Trinajstić information content (AvgIpc) is 3.20. The van der Waals surface area contributed by atoms with E-state index in [0.717, 1.165) is 63.4 Å². The number of ether oxygens (including phenoxy) is 2. The van der Waals surface area contributed by atoms with E-state index in [1.807, 2.05) is 58.2 Å². The minimum atomic E-state index is -2.98. The minimum Gasteiger partial charge on any atom is -0.444 e. The van der Waals surface area contributed by atoms with Crippen molar-refractivity contribution < 1.29 is 50.3 Å². The SMILES string of the molecule is CC(C)(C)OC(=O)N1CCC(C(=O)N2CCS(=O)(=O)CC2)CC1.CC(C)(C)OC(=O)N1CCC(C(=O)N2CCSCC2)CC1.O=C(C1CCNCC1)N1CCS(=O)(=O)CC1. The second-order valence-corrected chi connectivity index (χ2v) is 24.2. The predicted octanol–water partition coefficient (Wildman–Crippen LogP) is 2.34. The molecule has 6 aliphatic rings. The molecule has 344 valence electrons. The third-order valence-electron chi connectivity index (χ3n) is 11.3. The summed E-state index contributed by atoms with van der Waals surface area (Å²) in [7, 11) is -5.87. The summed E-state index contributed by atoms with van der Waals surface area (Å²) in [6.45, 7) is 18.2. The van der Waals surface area contributed by atoms with Crippen molar-refractivity contribution in [1.82, 2.24) is 29.8 Å². The van der Waals surface area contributed by atoms with Gasteiger partial charge in [-0.25, -0.2) is 26.4 Å². The Labute approximate surface area is 362 Å². The van der Waals surface area contributed by atoms with Crippen molar-refractivity contribution >= 4 is 61.3 Å². The highest BCUT2D eigenvalue weighted by Gasteiger charge is 2.35. The number of hydrogen-bond donors (Lipinski definition) is 1. The molecule has 0 aromatic carbocycles. The molecule has 0 bridgehead atoms. The lowest BCUT2D eigenvalue weighted by molar-refractivity contribution is -0.137. The van der Waals surface area contributed by atoms with Crippen molar-refractivity contribution in [3.63, 3.8) is 0 Å². The van der Waals surface area contributed by atoms with Gasteiger partial charge in [-0.3, -0.25) is 14.4 Å². The molecule has 0 atom stereocenters. The van der Waals surface area contributed by atoms with E-state index >= 15 is 0 Å². The zero-order valence-electron chi connectivity index (χ0n) is 36.7. The second kappa shape index (κ2) is 22.0. The van der Waals surface area contributed by atoms with E-state index in [0.29, 0.717) is 52.1 Å². The van der Waals surface area contributed by atoms with Crippen LogP contribution in [0.15, 0.2) is 0 Å². The number of piperidine rings is 3. The summed E-state index contributed by atoms with van der Waals surface area (Å²) in [5, 5.41) is 3.22. The monoisotopic (exact) mass is 906 g/mol. The van der Waals surface area contributed by atoms with Crippen molar-refractivity contribution in [1.29, 1.82) is 0 Å². The van der Waals surface area contributed by atoms with Crippen LogP contribution in [-0.2, 0) is 43.5 Å². The highest BCUT2D eigenvalue weighted by Crippen LogP contribution is 2.25. The minimum absolute atomic E-state index is 0.0174. The van der Waals surface area contributed by atoms with Crippen LogP contribution in [0.2, 0.25) is 0 Å². The number of amides is 5. The molecule has 0 saturated carbocycles. The molecule has 6 fully saturated rings. The van der Waals surface area contributed by atoms with Crippen LogP contribution in [0.3, 0.4) is 0 Å².